The fourth-order valence-corrected chi connectivity index (χ4v) is 2.45. The van der Waals surface area contributed by atoms with Gasteiger partial charge in [0.05, 0.1) is 5.69 Å². The van der Waals surface area contributed by atoms with Crippen molar-refractivity contribution in [3.05, 3.63) is 47.7 Å². The summed E-state index contributed by atoms with van der Waals surface area (Å²) < 4.78 is 42.5. The van der Waals surface area contributed by atoms with Crippen LogP contribution in [0.1, 0.15) is 15.9 Å². The fourth-order valence-electron chi connectivity index (χ4n) is 2.45. The molecule has 0 atom stereocenters. The van der Waals surface area contributed by atoms with Crippen molar-refractivity contribution in [3.63, 3.8) is 0 Å². The summed E-state index contributed by atoms with van der Waals surface area (Å²) in [7, 11) is 1.77. The number of hydrogen-bond acceptors (Lipinski definition) is 5. The van der Waals surface area contributed by atoms with Gasteiger partial charge >= 0.3 is 6.18 Å². The van der Waals surface area contributed by atoms with Gasteiger partial charge in [-0.05, 0) is 25.2 Å². The molecule has 0 saturated carbocycles. The number of ether oxygens (including phenoxy) is 1. The maximum absolute atomic E-state index is 12.5. The Morgan fingerprint density at radius 2 is 2.00 bits per heavy atom. The molecule has 0 fully saturated rings. The standard InChI is InChI=1S/C18H18F3N3O2/c1-24(9-7-22)10-15-13(11-25)6-8-23-17(15)14-4-2-3-5-16(14)26-12-18(19,20)21/h2-8,11,22H,9-10,12H2,1H3. The lowest BCUT2D eigenvalue weighted by molar-refractivity contribution is -0.153. The highest BCUT2D eigenvalue weighted by molar-refractivity contribution is 5.82. The van der Waals surface area contributed by atoms with Crippen LogP contribution in [-0.2, 0) is 6.54 Å². The number of aromatic nitrogens is 1. The molecule has 0 unspecified atom stereocenters. The second-order valence-electron chi connectivity index (χ2n) is 5.65. The van der Waals surface area contributed by atoms with Crippen molar-refractivity contribution in [1.29, 1.82) is 5.41 Å². The first-order chi connectivity index (χ1) is 12.4. The number of pyridine rings is 1. The number of nitrogens with zero attached hydrogens (tertiary/aromatic N) is 2. The topological polar surface area (TPSA) is 66.3 Å². The third-order valence-electron chi connectivity index (χ3n) is 3.58. The van der Waals surface area contributed by atoms with Crippen LogP contribution in [0.3, 0.4) is 0 Å². The average Bonchev–Trinajstić information content (AvgIpc) is 2.60. The number of benzene rings is 1. The van der Waals surface area contributed by atoms with Crippen molar-refractivity contribution in [1.82, 2.24) is 9.88 Å². The summed E-state index contributed by atoms with van der Waals surface area (Å²) >= 11 is 0. The predicted molar refractivity (Wildman–Crippen MR) is 91.7 cm³/mol. The van der Waals surface area contributed by atoms with Crippen molar-refractivity contribution in [2.45, 2.75) is 12.7 Å². The van der Waals surface area contributed by atoms with E-state index in [-0.39, 0.29) is 5.75 Å². The molecule has 0 aliphatic carbocycles. The lowest BCUT2D eigenvalue weighted by Gasteiger charge is -2.19. The molecule has 1 aromatic carbocycles. The van der Waals surface area contributed by atoms with Crippen molar-refractivity contribution in [2.24, 2.45) is 0 Å². The molecular weight excluding hydrogens is 347 g/mol. The number of para-hydroxylation sites is 1. The van der Waals surface area contributed by atoms with Crippen LogP contribution in [0.5, 0.6) is 5.75 Å². The Morgan fingerprint density at radius 3 is 2.65 bits per heavy atom. The molecule has 0 bridgehead atoms. The van der Waals surface area contributed by atoms with Gasteiger partial charge in [0, 0.05) is 42.2 Å². The largest absolute Gasteiger partial charge is 0.483 e. The molecule has 1 heterocycles. The van der Waals surface area contributed by atoms with E-state index >= 15 is 0 Å². The Morgan fingerprint density at radius 1 is 1.27 bits per heavy atom. The molecule has 0 spiro atoms. The van der Waals surface area contributed by atoms with Gasteiger partial charge in [-0.15, -0.1) is 0 Å². The molecule has 0 saturated heterocycles. The average molecular weight is 365 g/mol. The van der Waals surface area contributed by atoms with Crippen LogP contribution in [0.15, 0.2) is 36.5 Å². The normalized spacial score (nSPS) is 11.4. The Labute approximate surface area is 148 Å². The predicted octanol–water partition coefficient (Wildman–Crippen LogP) is 3.58. The minimum Gasteiger partial charge on any atom is -0.483 e. The van der Waals surface area contributed by atoms with Gasteiger partial charge in [-0.3, -0.25) is 14.7 Å². The van der Waals surface area contributed by atoms with E-state index in [1.807, 2.05) is 0 Å². The minimum atomic E-state index is -4.46. The van der Waals surface area contributed by atoms with Crippen molar-refractivity contribution >= 4 is 12.5 Å². The highest BCUT2D eigenvalue weighted by atomic mass is 19.4. The fraction of sp³-hybridized carbons (Fsp3) is 0.278. The Hall–Kier alpha value is -2.74. The summed E-state index contributed by atoms with van der Waals surface area (Å²) in [5.74, 6) is 0.0383. The molecule has 0 aliphatic rings. The molecule has 0 amide bonds. The van der Waals surface area contributed by atoms with Gasteiger partial charge in [-0.2, -0.15) is 13.2 Å². The number of aldehydes is 1. The van der Waals surface area contributed by atoms with Crippen molar-refractivity contribution < 1.29 is 22.7 Å². The van der Waals surface area contributed by atoms with E-state index in [1.165, 1.54) is 18.5 Å². The molecule has 0 radical (unpaired) electrons. The van der Waals surface area contributed by atoms with Crippen molar-refractivity contribution in [2.75, 3.05) is 20.2 Å². The number of hydrogen-bond donors (Lipinski definition) is 1. The van der Waals surface area contributed by atoms with Crippen LogP contribution in [0, 0.1) is 5.41 Å². The Kier molecular flexibility index (Phi) is 6.46. The maximum Gasteiger partial charge on any atom is 0.422 e. The van der Waals surface area contributed by atoms with Gasteiger partial charge in [0.2, 0.25) is 0 Å². The molecule has 2 rings (SSSR count). The highest BCUT2D eigenvalue weighted by Gasteiger charge is 2.29. The summed E-state index contributed by atoms with van der Waals surface area (Å²) in [4.78, 5) is 17.5. The van der Waals surface area contributed by atoms with E-state index in [0.29, 0.717) is 41.8 Å². The summed E-state index contributed by atoms with van der Waals surface area (Å²) in [5, 5.41) is 7.18. The third kappa shape index (κ3) is 5.13. The number of carbonyl (C=O) groups excluding carboxylic acids is 1. The molecule has 138 valence electrons. The van der Waals surface area contributed by atoms with E-state index in [9.17, 15) is 18.0 Å². The van der Waals surface area contributed by atoms with Gasteiger partial charge in [0.25, 0.3) is 0 Å². The second kappa shape index (κ2) is 8.57. The molecule has 2 aromatic rings. The number of alkyl halides is 3. The summed E-state index contributed by atoms with van der Waals surface area (Å²) in [5.41, 5.74) is 1.70. The molecular formula is C18H18F3N3O2. The maximum atomic E-state index is 12.5. The van der Waals surface area contributed by atoms with E-state index in [2.05, 4.69) is 4.98 Å². The molecule has 26 heavy (non-hydrogen) atoms. The summed E-state index contributed by atoms with van der Waals surface area (Å²) in [6, 6.07) is 7.81. The number of halogens is 3. The lowest BCUT2D eigenvalue weighted by atomic mass is 10.0. The summed E-state index contributed by atoms with van der Waals surface area (Å²) in [6.07, 6.45) is -1.13. The van der Waals surface area contributed by atoms with Gasteiger partial charge < -0.3 is 10.1 Å². The Bertz CT molecular complexity index is 779. The zero-order valence-corrected chi connectivity index (χ0v) is 14.1. The third-order valence-corrected chi connectivity index (χ3v) is 3.58. The smallest absolute Gasteiger partial charge is 0.422 e. The molecule has 0 aliphatic heterocycles. The Balaban J connectivity index is 2.48. The van der Waals surface area contributed by atoms with Gasteiger partial charge in [-0.1, -0.05) is 12.1 Å². The number of carbonyl (C=O) groups is 1. The van der Waals surface area contributed by atoms with E-state index in [0.717, 1.165) is 0 Å². The van der Waals surface area contributed by atoms with Crippen LogP contribution in [0.2, 0.25) is 0 Å². The molecule has 1 N–H and O–H groups in total. The van der Waals surface area contributed by atoms with Gasteiger partial charge in [-0.25, -0.2) is 0 Å². The molecule has 8 heteroatoms. The van der Waals surface area contributed by atoms with Crippen molar-refractivity contribution in [3.8, 4) is 17.0 Å². The first-order valence-electron chi connectivity index (χ1n) is 7.75. The monoisotopic (exact) mass is 365 g/mol. The zero-order chi connectivity index (χ0) is 19.2. The molecule has 1 aromatic heterocycles. The van der Waals surface area contributed by atoms with Gasteiger partial charge in [0.1, 0.15) is 5.75 Å². The lowest BCUT2D eigenvalue weighted by Crippen LogP contribution is -2.21. The highest BCUT2D eigenvalue weighted by Crippen LogP contribution is 2.33. The van der Waals surface area contributed by atoms with Crippen LogP contribution in [0.25, 0.3) is 11.3 Å². The van der Waals surface area contributed by atoms with E-state index < -0.39 is 12.8 Å². The first-order valence-corrected chi connectivity index (χ1v) is 7.75. The molecule has 5 nitrogen and oxygen atoms in total. The van der Waals surface area contributed by atoms with E-state index in [4.69, 9.17) is 10.1 Å². The number of nitrogens with one attached hydrogen (secondary N) is 1. The van der Waals surface area contributed by atoms with Crippen LogP contribution in [-0.4, -0.2) is 48.8 Å². The summed E-state index contributed by atoms with van der Waals surface area (Å²) in [6.45, 7) is -0.750. The van der Waals surface area contributed by atoms with Gasteiger partial charge in [0.15, 0.2) is 12.9 Å². The first kappa shape index (κ1) is 19.6. The van der Waals surface area contributed by atoms with Crippen LogP contribution >= 0.6 is 0 Å². The van der Waals surface area contributed by atoms with E-state index in [1.54, 1.807) is 36.2 Å². The minimum absolute atomic E-state index is 0.0383. The zero-order valence-electron chi connectivity index (χ0n) is 14.1. The van der Waals surface area contributed by atoms with Crippen LogP contribution in [0.4, 0.5) is 13.2 Å². The quantitative estimate of drug-likeness (QED) is 0.574. The van der Waals surface area contributed by atoms with Crippen LogP contribution < -0.4 is 4.74 Å². The SMILES string of the molecule is CN(CC=N)Cc1c(C=O)ccnc1-c1ccccc1OCC(F)(F)F. The second-order valence-corrected chi connectivity index (χ2v) is 5.65. The number of rotatable bonds is 8.